The molecule has 2 aromatic rings. The molecule has 1 saturated carbocycles. The Morgan fingerprint density at radius 2 is 1.97 bits per heavy atom. The fourth-order valence-electron chi connectivity index (χ4n) is 4.29. The number of β-amino-alcohol motifs (C(OH)–C–C–N with tert-alkyl or cyclic N) is 1. The first-order valence-corrected chi connectivity index (χ1v) is 10.4. The van der Waals surface area contributed by atoms with Crippen molar-refractivity contribution in [3.05, 3.63) is 42.1 Å². The monoisotopic (exact) mass is 418 g/mol. The van der Waals surface area contributed by atoms with Gasteiger partial charge >= 0.3 is 0 Å². The number of carbonyl (C=O) groups is 2. The normalized spacial score (nSPS) is 23.4. The Morgan fingerprint density at radius 3 is 2.61 bits per heavy atom. The summed E-state index contributed by atoms with van der Waals surface area (Å²) in [4.78, 5) is 37.2. The Kier molecular flexibility index (Phi) is 4.59. The molecule has 3 fully saturated rings. The van der Waals surface area contributed by atoms with Crippen molar-refractivity contribution in [2.75, 3.05) is 29.9 Å². The number of carbonyl (C=O) groups excluding carboxylic acids is 2. The van der Waals surface area contributed by atoms with Crippen LogP contribution in [0.25, 0.3) is 0 Å². The molecule has 1 aromatic carbocycles. The van der Waals surface area contributed by atoms with Gasteiger partial charge < -0.3 is 15.3 Å². The third-order valence-corrected chi connectivity index (χ3v) is 6.29. The summed E-state index contributed by atoms with van der Waals surface area (Å²) in [7, 11) is 0. The second-order valence-electron chi connectivity index (χ2n) is 8.37. The summed E-state index contributed by atoms with van der Waals surface area (Å²) in [5.74, 6) is 0.690. The molecule has 2 N–H and O–H groups in total. The molecule has 9 heteroatoms. The number of aliphatic hydroxyl groups is 1. The van der Waals surface area contributed by atoms with E-state index in [4.69, 9.17) is 0 Å². The van der Waals surface area contributed by atoms with Gasteiger partial charge in [-0.1, -0.05) is 0 Å². The van der Waals surface area contributed by atoms with Gasteiger partial charge in [-0.3, -0.25) is 14.5 Å². The van der Waals surface area contributed by atoms with Gasteiger partial charge in [0.1, 0.15) is 11.2 Å². The van der Waals surface area contributed by atoms with Crippen molar-refractivity contribution >= 4 is 29.3 Å². The number of likely N-dealkylation sites (tertiary alicyclic amines) is 1. The molecule has 1 aliphatic carbocycles. The van der Waals surface area contributed by atoms with Crippen LogP contribution in [0.3, 0.4) is 0 Å². The number of nitrogens with one attached hydrogen (secondary N) is 1. The van der Waals surface area contributed by atoms with E-state index in [0.717, 1.165) is 12.8 Å². The molecule has 0 radical (unpaired) electrons. The number of amides is 2. The highest BCUT2D eigenvalue weighted by molar-refractivity contribution is 6.01. The number of nitrogens with zero attached hydrogens (tertiary/aromatic N) is 5. The van der Waals surface area contributed by atoms with Crippen LogP contribution in [-0.2, 0) is 4.79 Å². The number of benzene rings is 1. The molecule has 2 aliphatic heterocycles. The van der Waals surface area contributed by atoms with Crippen LogP contribution in [0.2, 0.25) is 0 Å². The summed E-state index contributed by atoms with van der Waals surface area (Å²) in [6.45, 7) is 1.20. The fourth-order valence-corrected chi connectivity index (χ4v) is 4.29. The summed E-state index contributed by atoms with van der Waals surface area (Å²) < 4.78 is 0. The number of rotatable bonds is 5. The summed E-state index contributed by atoms with van der Waals surface area (Å²) in [5, 5.41) is 22.1. The first kappa shape index (κ1) is 19.5. The van der Waals surface area contributed by atoms with E-state index in [9.17, 15) is 20.0 Å². The van der Waals surface area contributed by atoms with Crippen LogP contribution in [0.1, 0.15) is 29.6 Å². The molecular formula is C22H22N6O3. The van der Waals surface area contributed by atoms with Crippen molar-refractivity contribution in [2.24, 2.45) is 11.3 Å². The number of hydrogen-bond acceptors (Lipinski definition) is 7. The lowest BCUT2D eigenvalue weighted by atomic mass is 9.83. The van der Waals surface area contributed by atoms with E-state index in [2.05, 4.69) is 21.4 Å². The molecule has 31 heavy (non-hydrogen) atoms. The third kappa shape index (κ3) is 3.39. The highest BCUT2D eigenvalue weighted by Crippen LogP contribution is 2.51. The number of anilines is 3. The van der Waals surface area contributed by atoms with Gasteiger partial charge in [-0.05, 0) is 55.5 Å². The second kappa shape index (κ2) is 7.32. The first-order valence-electron chi connectivity index (χ1n) is 10.4. The van der Waals surface area contributed by atoms with Crippen LogP contribution in [0.4, 0.5) is 17.5 Å². The van der Waals surface area contributed by atoms with Crippen LogP contribution in [-0.4, -0.2) is 57.5 Å². The Hall–Kier alpha value is -3.51. The second-order valence-corrected chi connectivity index (χ2v) is 8.37. The van der Waals surface area contributed by atoms with Gasteiger partial charge in [0.05, 0.1) is 12.2 Å². The van der Waals surface area contributed by atoms with Gasteiger partial charge in [-0.15, -0.1) is 0 Å². The lowest BCUT2D eigenvalue weighted by Crippen LogP contribution is -2.53. The van der Waals surface area contributed by atoms with E-state index in [1.54, 1.807) is 46.3 Å². The van der Waals surface area contributed by atoms with Crippen LogP contribution in [0.15, 0.2) is 36.5 Å². The lowest BCUT2D eigenvalue weighted by molar-refractivity contribution is -0.123. The van der Waals surface area contributed by atoms with E-state index < -0.39 is 11.5 Å². The fraction of sp³-hybridized carbons (Fsp3) is 0.409. The van der Waals surface area contributed by atoms with Crippen molar-refractivity contribution in [1.29, 1.82) is 5.26 Å². The first-order chi connectivity index (χ1) is 15.0. The van der Waals surface area contributed by atoms with Crippen molar-refractivity contribution in [3.8, 4) is 6.07 Å². The lowest BCUT2D eigenvalue weighted by Gasteiger charge is -2.35. The maximum atomic E-state index is 13.0. The van der Waals surface area contributed by atoms with E-state index in [1.807, 2.05) is 0 Å². The number of aliphatic hydroxyl groups excluding tert-OH is 1. The largest absolute Gasteiger partial charge is 0.389 e. The maximum Gasteiger partial charge on any atom is 0.254 e. The quantitative estimate of drug-likeness (QED) is 0.758. The van der Waals surface area contributed by atoms with E-state index in [-0.39, 0.29) is 17.7 Å². The van der Waals surface area contributed by atoms with Gasteiger partial charge in [-0.2, -0.15) is 10.2 Å². The molecule has 2 saturated heterocycles. The van der Waals surface area contributed by atoms with E-state index >= 15 is 0 Å². The maximum absolute atomic E-state index is 13.0. The predicted molar refractivity (Wildman–Crippen MR) is 111 cm³/mol. The van der Waals surface area contributed by atoms with Gasteiger partial charge in [0.25, 0.3) is 5.91 Å². The number of nitriles is 1. The molecule has 158 valence electrons. The van der Waals surface area contributed by atoms with Gasteiger partial charge in [-0.25, -0.2) is 4.98 Å². The summed E-state index contributed by atoms with van der Waals surface area (Å²) in [6.07, 6.45) is 3.54. The molecule has 9 nitrogen and oxygen atoms in total. The van der Waals surface area contributed by atoms with Crippen molar-refractivity contribution in [1.82, 2.24) is 14.9 Å². The van der Waals surface area contributed by atoms with E-state index in [1.165, 1.54) is 0 Å². The third-order valence-electron chi connectivity index (χ3n) is 6.29. The smallest absolute Gasteiger partial charge is 0.254 e. The average Bonchev–Trinajstić information content (AvgIpc) is 3.56. The summed E-state index contributed by atoms with van der Waals surface area (Å²) in [5.41, 5.74) is 0.338. The van der Waals surface area contributed by atoms with Gasteiger partial charge in [0, 0.05) is 37.1 Å². The zero-order valence-corrected chi connectivity index (χ0v) is 16.9. The Morgan fingerprint density at radius 1 is 1.23 bits per heavy atom. The zero-order chi connectivity index (χ0) is 21.6. The van der Waals surface area contributed by atoms with Crippen molar-refractivity contribution in [3.63, 3.8) is 0 Å². The molecule has 0 spiro atoms. The zero-order valence-electron chi connectivity index (χ0n) is 16.9. The molecule has 3 aliphatic rings. The minimum Gasteiger partial charge on any atom is -0.389 e. The van der Waals surface area contributed by atoms with Crippen molar-refractivity contribution in [2.45, 2.75) is 25.4 Å². The number of aromatic nitrogens is 2. The van der Waals surface area contributed by atoms with Crippen LogP contribution < -0.4 is 10.2 Å². The molecule has 5 rings (SSSR count). The number of hydrogen-bond donors (Lipinski definition) is 2. The van der Waals surface area contributed by atoms with E-state index in [0.29, 0.717) is 49.1 Å². The summed E-state index contributed by atoms with van der Waals surface area (Å²) in [6, 6.07) is 10.9. The van der Waals surface area contributed by atoms with Crippen molar-refractivity contribution < 1.29 is 14.7 Å². The average molecular weight is 418 g/mol. The minimum absolute atomic E-state index is 0.112. The molecular weight excluding hydrogens is 396 g/mol. The predicted octanol–water partition coefficient (Wildman–Crippen LogP) is 1.69. The standard InChI is InChI=1S/C22H22N6O3/c23-13-22(15-3-4-15)8-10-28(20(22)31)18-7-9-24-21(26-18)25-16-5-1-14(2-6-16)19(30)27-11-17(29)12-27/h1-2,5-7,9,15,17,29H,3-4,8,10-12H2,(H,24,25,26)/t22-/m1/s1. The Labute approximate surface area is 179 Å². The van der Waals surface area contributed by atoms with Gasteiger partial charge in [0.2, 0.25) is 11.9 Å². The molecule has 2 amide bonds. The summed E-state index contributed by atoms with van der Waals surface area (Å²) >= 11 is 0. The molecule has 3 heterocycles. The molecule has 1 aromatic heterocycles. The molecule has 0 bridgehead atoms. The van der Waals surface area contributed by atoms with Crippen LogP contribution >= 0.6 is 0 Å². The Balaban J connectivity index is 1.28. The highest BCUT2D eigenvalue weighted by Gasteiger charge is 2.57. The van der Waals surface area contributed by atoms with Crippen LogP contribution in [0.5, 0.6) is 0 Å². The molecule has 0 unspecified atom stereocenters. The van der Waals surface area contributed by atoms with Crippen LogP contribution in [0, 0.1) is 22.7 Å². The highest BCUT2D eigenvalue weighted by atomic mass is 16.3. The van der Waals surface area contributed by atoms with Gasteiger partial charge in [0.15, 0.2) is 0 Å². The molecule has 1 atom stereocenters. The minimum atomic E-state index is -0.909. The topological polar surface area (TPSA) is 122 Å². The Bertz CT molecular complexity index is 1070. The SMILES string of the molecule is N#C[C@@]1(C2CC2)CCN(c2ccnc(Nc3ccc(C(=O)N4CC(O)C4)cc3)n2)C1=O.